The average molecular weight is 216 g/mol. The monoisotopic (exact) mass is 216 g/mol. The summed E-state index contributed by atoms with van der Waals surface area (Å²) in [6.45, 7) is 7.86. The van der Waals surface area contributed by atoms with E-state index in [9.17, 15) is 4.79 Å². The Morgan fingerprint density at radius 2 is 2.12 bits per heavy atom. The quantitative estimate of drug-likeness (QED) is 0.569. The molecule has 0 saturated carbocycles. The summed E-state index contributed by atoms with van der Waals surface area (Å²) in [6, 6.07) is 7.35. The van der Waals surface area contributed by atoms with Crippen LogP contribution in [-0.4, -0.2) is 12.6 Å². The first-order chi connectivity index (χ1) is 7.72. The molecule has 0 aliphatic carbocycles. The average Bonchev–Trinajstić information content (AvgIpc) is 2.31. The zero-order valence-corrected chi connectivity index (χ0v) is 9.69. The van der Waals surface area contributed by atoms with Crippen LogP contribution in [0.2, 0.25) is 0 Å². The Morgan fingerprint density at radius 3 is 2.69 bits per heavy atom. The fourth-order valence-electron chi connectivity index (χ4n) is 1.44. The second kappa shape index (κ2) is 5.91. The zero-order valence-electron chi connectivity index (χ0n) is 9.69. The highest BCUT2D eigenvalue weighted by Crippen LogP contribution is 2.17. The first-order valence-corrected chi connectivity index (χ1v) is 5.29. The minimum absolute atomic E-state index is 0.288. The van der Waals surface area contributed by atoms with Gasteiger partial charge in [0.25, 0.3) is 0 Å². The predicted molar refractivity (Wildman–Crippen MR) is 66.2 cm³/mol. The molecule has 84 valence electrons. The van der Waals surface area contributed by atoms with Crippen LogP contribution < -0.4 is 0 Å². The number of allylic oxidation sites excluding steroid dienone is 3. The van der Waals surface area contributed by atoms with Crippen LogP contribution in [0.5, 0.6) is 0 Å². The van der Waals surface area contributed by atoms with Crippen molar-refractivity contribution in [2.45, 2.75) is 13.8 Å². The smallest absolute Gasteiger partial charge is 0.338 e. The van der Waals surface area contributed by atoms with Crippen LogP contribution in [0, 0.1) is 0 Å². The summed E-state index contributed by atoms with van der Waals surface area (Å²) < 4.78 is 4.95. The van der Waals surface area contributed by atoms with Crippen LogP contribution in [0.1, 0.15) is 29.8 Å². The van der Waals surface area contributed by atoms with E-state index >= 15 is 0 Å². The van der Waals surface area contributed by atoms with Gasteiger partial charge in [0.15, 0.2) is 0 Å². The molecule has 0 aliphatic rings. The summed E-state index contributed by atoms with van der Waals surface area (Å²) in [7, 11) is 0. The zero-order chi connectivity index (χ0) is 12.0. The van der Waals surface area contributed by atoms with Gasteiger partial charge in [-0.1, -0.05) is 30.9 Å². The molecule has 1 rings (SSSR count). The van der Waals surface area contributed by atoms with Crippen LogP contribution in [-0.2, 0) is 4.74 Å². The van der Waals surface area contributed by atoms with Gasteiger partial charge in [0.1, 0.15) is 0 Å². The summed E-state index contributed by atoms with van der Waals surface area (Å²) >= 11 is 0. The first-order valence-electron chi connectivity index (χ1n) is 5.29. The van der Waals surface area contributed by atoms with Crippen LogP contribution in [0.4, 0.5) is 0 Å². The summed E-state index contributed by atoms with van der Waals surface area (Å²) in [5.41, 5.74) is 2.55. The molecule has 0 spiro atoms. The highest BCUT2D eigenvalue weighted by molar-refractivity contribution is 5.91. The molecule has 0 heterocycles. The van der Waals surface area contributed by atoms with Crippen LogP contribution in [0.3, 0.4) is 0 Å². The van der Waals surface area contributed by atoms with Crippen LogP contribution >= 0.6 is 0 Å². The Morgan fingerprint density at radius 1 is 1.44 bits per heavy atom. The van der Waals surface area contributed by atoms with Crippen molar-refractivity contribution in [3.63, 3.8) is 0 Å². The van der Waals surface area contributed by atoms with Crippen molar-refractivity contribution in [2.24, 2.45) is 0 Å². The van der Waals surface area contributed by atoms with Gasteiger partial charge in [-0.25, -0.2) is 4.79 Å². The SMILES string of the molecule is C=C/C(=C\C)c1cccc(C(=O)OCC)c1. The summed E-state index contributed by atoms with van der Waals surface area (Å²) in [5, 5.41) is 0. The lowest BCUT2D eigenvalue weighted by Crippen LogP contribution is -2.04. The molecule has 16 heavy (non-hydrogen) atoms. The van der Waals surface area contributed by atoms with Gasteiger partial charge in [0.2, 0.25) is 0 Å². The molecule has 2 nitrogen and oxygen atoms in total. The third-order valence-electron chi connectivity index (χ3n) is 2.24. The van der Waals surface area contributed by atoms with Gasteiger partial charge in [-0.15, -0.1) is 0 Å². The first kappa shape index (κ1) is 12.2. The number of esters is 1. The summed E-state index contributed by atoms with van der Waals surface area (Å²) in [6.07, 6.45) is 3.72. The van der Waals surface area contributed by atoms with Gasteiger partial charge < -0.3 is 4.74 Å². The second-order valence-electron chi connectivity index (χ2n) is 3.25. The number of benzene rings is 1. The van der Waals surface area contributed by atoms with Crippen molar-refractivity contribution >= 4 is 11.5 Å². The van der Waals surface area contributed by atoms with E-state index in [1.807, 2.05) is 31.2 Å². The van der Waals surface area contributed by atoms with E-state index in [-0.39, 0.29) is 5.97 Å². The molecule has 0 unspecified atom stereocenters. The van der Waals surface area contributed by atoms with Crippen molar-refractivity contribution in [3.05, 3.63) is 54.1 Å². The number of carbonyl (C=O) groups is 1. The second-order valence-corrected chi connectivity index (χ2v) is 3.25. The Kier molecular flexibility index (Phi) is 4.52. The molecule has 0 aromatic heterocycles. The molecule has 0 N–H and O–H groups in total. The van der Waals surface area contributed by atoms with Gasteiger partial charge in [-0.3, -0.25) is 0 Å². The fourth-order valence-corrected chi connectivity index (χ4v) is 1.44. The molecule has 1 aromatic carbocycles. The van der Waals surface area contributed by atoms with Gasteiger partial charge in [-0.05, 0) is 37.1 Å². The Hall–Kier alpha value is -1.83. The molecule has 0 amide bonds. The summed E-state index contributed by atoms with van der Waals surface area (Å²) in [5.74, 6) is -0.288. The highest BCUT2D eigenvalue weighted by Gasteiger charge is 2.07. The van der Waals surface area contributed by atoms with Crippen molar-refractivity contribution < 1.29 is 9.53 Å². The highest BCUT2D eigenvalue weighted by atomic mass is 16.5. The number of hydrogen-bond acceptors (Lipinski definition) is 2. The normalized spacial score (nSPS) is 11.0. The predicted octanol–water partition coefficient (Wildman–Crippen LogP) is 3.45. The van der Waals surface area contributed by atoms with E-state index in [0.717, 1.165) is 11.1 Å². The number of ether oxygens (including phenoxy) is 1. The Bertz CT molecular complexity index is 416. The third-order valence-corrected chi connectivity index (χ3v) is 2.24. The van der Waals surface area contributed by atoms with Crippen LogP contribution in [0.15, 0.2) is 43.0 Å². The topological polar surface area (TPSA) is 26.3 Å². The van der Waals surface area contributed by atoms with Crippen molar-refractivity contribution in [3.8, 4) is 0 Å². The molecule has 0 fully saturated rings. The van der Waals surface area contributed by atoms with Gasteiger partial charge in [-0.2, -0.15) is 0 Å². The van der Waals surface area contributed by atoms with Gasteiger partial charge >= 0.3 is 5.97 Å². The summed E-state index contributed by atoms with van der Waals surface area (Å²) in [4.78, 5) is 11.5. The van der Waals surface area contributed by atoms with Crippen molar-refractivity contribution in [1.29, 1.82) is 0 Å². The van der Waals surface area contributed by atoms with E-state index < -0.39 is 0 Å². The maximum Gasteiger partial charge on any atom is 0.338 e. The van der Waals surface area contributed by atoms with E-state index in [4.69, 9.17) is 4.74 Å². The largest absolute Gasteiger partial charge is 0.462 e. The minimum atomic E-state index is -0.288. The third kappa shape index (κ3) is 2.83. The molecule has 0 saturated heterocycles. The number of carbonyl (C=O) groups excluding carboxylic acids is 1. The maximum absolute atomic E-state index is 11.5. The number of rotatable bonds is 4. The molecule has 1 aromatic rings. The lowest BCUT2D eigenvalue weighted by molar-refractivity contribution is 0.0526. The Labute approximate surface area is 96.2 Å². The number of hydrogen-bond donors (Lipinski definition) is 0. The van der Waals surface area contributed by atoms with E-state index in [0.29, 0.717) is 12.2 Å². The molecule has 2 heteroatoms. The van der Waals surface area contributed by atoms with Gasteiger partial charge in [0, 0.05) is 0 Å². The van der Waals surface area contributed by atoms with Gasteiger partial charge in [0.05, 0.1) is 12.2 Å². The molecular weight excluding hydrogens is 200 g/mol. The van der Waals surface area contributed by atoms with Crippen molar-refractivity contribution in [2.75, 3.05) is 6.61 Å². The lowest BCUT2D eigenvalue weighted by atomic mass is 10.0. The minimum Gasteiger partial charge on any atom is -0.462 e. The molecule has 0 bridgehead atoms. The maximum atomic E-state index is 11.5. The van der Waals surface area contributed by atoms with Crippen molar-refractivity contribution in [1.82, 2.24) is 0 Å². The van der Waals surface area contributed by atoms with E-state index in [2.05, 4.69) is 6.58 Å². The molecule has 0 radical (unpaired) electrons. The lowest BCUT2D eigenvalue weighted by Gasteiger charge is -2.05. The molecule has 0 aliphatic heterocycles. The van der Waals surface area contributed by atoms with E-state index in [1.165, 1.54) is 0 Å². The van der Waals surface area contributed by atoms with E-state index in [1.54, 1.807) is 19.1 Å². The Balaban J connectivity index is 3.04. The molecular formula is C14H16O2. The van der Waals surface area contributed by atoms with Crippen LogP contribution in [0.25, 0.3) is 5.57 Å². The molecule has 0 atom stereocenters. The standard InChI is InChI=1S/C14H16O2/c1-4-11(5-2)12-8-7-9-13(10-12)14(15)16-6-3/h4-5,7-10H,1,6H2,2-3H3/b11-5+. The fraction of sp³-hybridized carbons (Fsp3) is 0.214.